The van der Waals surface area contributed by atoms with E-state index in [2.05, 4.69) is 10.3 Å². The lowest BCUT2D eigenvalue weighted by Crippen LogP contribution is -2.18. The zero-order valence-corrected chi connectivity index (χ0v) is 13.8. The molecule has 1 aliphatic heterocycles. The average Bonchev–Trinajstić information content (AvgIpc) is 3.00. The normalized spacial score (nSPS) is 13.0. The molecule has 0 aromatic heterocycles. The maximum Gasteiger partial charge on any atom is 0.417 e. The molecule has 0 radical (unpaired) electrons. The number of aliphatic imine (C=N–C) groups is 1. The fraction of sp³-hybridized carbons (Fsp3) is 0.211. The van der Waals surface area contributed by atoms with Crippen LogP contribution in [0.4, 0.5) is 18.9 Å². The first-order valence-corrected chi connectivity index (χ1v) is 7.83. The van der Waals surface area contributed by atoms with Gasteiger partial charge in [-0.2, -0.15) is 18.4 Å². The maximum atomic E-state index is 13.1. The summed E-state index contributed by atoms with van der Waals surface area (Å²) < 4.78 is 39.2. The Morgan fingerprint density at radius 1 is 1.31 bits per heavy atom. The highest BCUT2D eigenvalue weighted by molar-refractivity contribution is 5.97. The molecule has 2 aromatic rings. The van der Waals surface area contributed by atoms with Crippen molar-refractivity contribution in [2.75, 3.05) is 7.05 Å². The molecule has 1 N–H and O–H groups in total. The van der Waals surface area contributed by atoms with E-state index in [9.17, 15) is 18.0 Å². The van der Waals surface area contributed by atoms with Crippen molar-refractivity contribution < 1.29 is 18.0 Å². The molecule has 3 rings (SSSR count). The molecule has 0 unspecified atom stereocenters. The van der Waals surface area contributed by atoms with Crippen LogP contribution in [-0.2, 0) is 19.0 Å². The van der Waals surface area contributed by atoms with Gasteiger partial charge in [0.2, 0.25) is 0 Å². The minimum absolute atomic E-state index is 0.211. The van der Waals surface area contributed by atoms with E-state index in [0.717, 1.165) is 11.6 Å². The van der Waals surface area contributed by atoms with E-state index in [1.54, 1.807) is 24.3 Å². The Balaban J connectivity index is 1.87. The molecule has 4 nitrogen and oxygen atoms in total. The van der Waals surface area contributed by atoms with Crippen molar-refractivity contribution in [1.82, 2.24) is 5.32 Å². The molecule has 0 aliphatic carbocycles. The van der Waals surface area contributed by atoms with Crippen molar-refractivity contribution in [2.45, 2.75) is 19.0 Å². The summed E-state index contributed by atoms with van der Waals surface area (Å²) in [6.45, 7) is 0. The first kappa shape index (κ1) is 17.7. The molecule has 132 valence electrons. The molecular formula is C19H14F3N3O. The predicted octanol–water partition coefficient (Wildman–Crippen LogP) is 3.81. The number of rotatable bonds is 3. The Labute approximate surface area is 148 Å². The van der Waals surface area contributed by atoms with Crippen molar-refractivity contribution in [3.63, 3.8) is 0 Å². The van der Waals surface area contributed by atoms with E-state index in [-0.39, 0.29) is 12.3 Å². The van der Waals surface area contributed by atoms with Crippen LogP contribution in [0.3, 0.4) is 0 Å². The lowest BCUT2D eigenvalue weighted by molar-refractivity contribution is -0.137. The molecule has 0 saturated heterocycles. The lowest BCUT2D eigenvalue weighted by atomic mass is 9.99. The minimum Gasteiger partial charge on any atom is -0.355 e. The van der Waals surface area contributed by atoms with Gasteiger partial charge in [-0.25, -0.2) is 0 Å². The Bertz CT molecular complexity index is 955. The van der Waals surface area contributed by atoms with E-state index in [4.69, 9.17) is 5.26 Å². The molecule has 1 heterocycles. The van der Waals surface area contributed by atoms with Crippen LogP contribution in [0, 0.1) is 11.3 Å². The Morgan fingerprint density at radius 3 is 2.73 bits per heavy atom. The van der Waals surface area contributed by atoms with Gasteiger partial charge in [-0.15, -0.1) is 0 Å². The summed E-state index contributed by atoms with van der Waals surface area (Å²) in [7, 11) is 1.54. The second kappa shape index (κ2) is 6.64. The van der Waals surface area contributed by atoms with Crippen LogP contribution in [0.15, 0.2) is 41.4 Å². The van der Waals surface area contributed by atoms with Gasteiger partial charge in [-0.1, -0.05) is 12.1 Å². The third-order valence-electron chi connectivity index (χ3n) is 4.14. The Kier molecular flexibility index (Phi) is 4.51. The number of nitriles is 1. The highest BCUT2D eigenvalue weighted by atomic mass is 19.4. The van der Waals surface area contributed by atoms with E-state index in [1.807, 2.05) is 6.07 Å². The number of alkyl halides is 3. The summed E-state index contributed by atoms with van der Waals surface area (Å²) in [5, 5.41) is 11.5. The fourth-order valence-corrected chi connectivity index (χ4v) is 2.94. The number of fused-ring (bicyclic) bond motifs is 1. The monoisotopic (exact) mass is 357 g/mol. The molecule has 0 bridgehead atoms. The van der Waals surface area contributed by atoms with Crippen LogP contribution in [0.25, 0.3) is 0 Å². The number of nitrogens with zero attached hydrogens (tertiary/aromatic N) is 2. The molecule has 26 heavy (non-hydrogen) atoms. The quantitative estimate of drug-likeness (QED) is 0.908. The molecule has 2 aromatic carbocycles. The van der Waals surface area contributed by atoms with Gasteiger partial charge in [0.15, 0.2) is 0 Å². The number of benzene rings is 2. The topological polar surface area (TPSA) is 65.2 Å². The van der Waals surface area contributed by atoms with Gasteiger partial charge in [0.25, 0.3) is 5.91 Å². The van der Waals surface area contributed by atoms with Gasteiger partial charge in [-0.05, 0) is 35.4 Å². The first-order chi connectivity index (χ1) is 12.3. The summed E-state index contributed by atoms with van der Waals surface area (Å²) in [5.74, 6) is -0.211. The van der Waals surface area contributed by atoms with E-state index in [0.29, 0.717) is 28.9 Å². The molecule has 1 amide bonds. The SMILES string of the molecule is CNC(=O)c1cccc(CC2=Nc3cc(C#N)c(C(F)(F)F)cc3C2)c1. The van der Waals surface area contributed by atoms with Gasteiger partial charge >= 0.3 is 6.18 Å². The second-order valence-electron chi connectivity index (χ2n) is 5.95. The van der Waals surface area contributed by atoms with Crippen LogP contribution < -0.4 is 5.32 Å². The third-order valence-corrected chi connectivity index (χ3v) is 4.14. The van der Waals surface area contributed by atoms with Gasteiger partial charge in [-0.3, -0.25) is 9.79 Å². The number of hydrogen-bond acceptors (Lipinski definition) is 3. The zero-order chi connectivity index (χ0) is 18.9. The number of hydrogen-bond donors (Lipinski definition) is 1. The smallest absolute Gasteiger partial charge is 0.355 e. The molecule has 1 aliphatic rings. The maximum absolute atomic E-state index is 13.1. The van der Waals surface area contributed by atoms with Crippen LogP contribution in [0.5, 0.6) is 0 Å². The van der Waals surface area contributed by atoms with Crippen LogP contribution >= 0.6 is 0 Å². The number of amides is 1. The fourth-order valence-electron chi connectivity index (χ4n) is 2.94. The predicted molar refractivity (Wildman–Crippen MR) is 90.5 cm³/mol. The van der Waals surface area contributed by atoms with E-state index < -0.39 is 17.3 Å². The average molecular weight is 357 g/mol. The molecule has 7 heteroatoms. The highest BCUT2D eigenvalue weighted by Gasteiger charge is 2.35. The van der Waals surface area contributed by atoms with Crippen molar-refractivity contribution in [3.8, 4) is 6.07 Å². The molecule has 0 atom stereocenters. The van der Waals surface area contributed by atoms with Crippen LogP contribution in [0.2, 0.25) is 0 Å². The third kappa shape index (κ3) is 3.45. The number of halogens is 3. The van der Waals surface area contributed by atoms with Gasteiger partial charge in [0.05, 0.1) is 22.9 Å². The zero-order valence-electron chi connectivity index (χ0n) is 13.8. The highest BCUT2D eigenvalue weighted by Crippen LogP contribution is 2.38. The Hall–Kier alpha value is -3.14. The Morgan fingerprint density at radius 2 is 2.08 bits per heavy atom. The molecule has 0 spiro atoms. The minimum atomic E-state index is -4.58. The lowest BCUT2D eigenvalue weighted by Gasteiger charge is -2.10. The molecular weight excluding hydrogens is 343 g/mol. The first-order valence-electron chi connectivity index (χ1n) is 7.83. The van der Waals surface area contributed by atoms with Gasteiger partial charge < -0.3 is 5.32 Å². The summed E-state index contributed by atoms with van der Waals surface area (Å²) in [6.07, 6.45) is -3.87. The van der Waals surface area contributed by atoms with Crippen LogP contribution in [-0.4, -0.2) is 18.7 Å². The summed E-state index contributed by atoms with van der Waals surface area (Å²) in [6, 6.07) is 10.8. The van der Waals surface area contributed by atoms with Gasteiger partial charge in [0.1, 0.15) is 0 Å². The summed E-state index contributed by atoms with van der Waals surface area (Å²) in [4.78, 5) is 16.1. The molecule has 0 saturated carbocycles. The number of carbonyl (C=O) groups is 1. The van der Waals surface area contributed by atoms with Crippen molar-refractivity contribution in [2.24, 2.45) is 4.99 Å². The number of carbonyl (C=O) groups excluding carboxylic acids is 1. The molecule has 0 fully saturated rings. The largest absolute Gasteiger partial charge is 0.417 e. The van der Waals surface area contributed by atoms with E-state index >= 15 is 0 Å². The van der Waals surface area contributed by atoms with Crippen molar-refractivity contribution >= 4 is 17.3 Å². The van der Waals surface area contributed by atoms with E-state index in [1.165, 1.54) is 13.1 Å². The summed E-state index contributed by atoms with van der Waals surface area (Å²) in [5.41, 5.74) is 1.53. The number of nitrogens with one attached hydrogen (secondary N) is 1. The second-order valence-corrected chi connectivity index (χ2v) is 5.95. The van der Waals surface area contributed by atoms with Crippen molar-refractivity contribution in [1.29, 1.82) is 5.26 Å². The van der Waals surface area contributed by atoms with Crippen LogP contribution in [0.1, 0.15) is 32.6 Å². The summed E-state index contributed by atoms with van der Waals surface area (Å²) >= 11 is 0. The van der Waals surface area contributed by atoms with Crippen molar-refractivity contribution in [3.05, 3.63) is 64.2 Å². The standard InChI is InChI=1S/C19H14F3N3O/c1-24-18(26)12-4-2-3-11(5-12)6-15-7-13-8-16(19(20,21)22)14(10-23)9-17(13)25-15/h2-5,8-9H,6-7H2,1H3,(H,24,26). The van der Waals surface area contributed by atoms with Gasteiger partial charge in [0, 0.05) is 31.2 Å².